The molecule has 1 fully saturated rings. The molecule has 1 heterocycles. The van der Waals surface area contributed by atoms with Crippen LogP contribution < -0.4 is 4.72 Å². The lowest BCUT2D eigenvalue weighted by atomic mass is 10.2. The number of hydrogen-bond acceptors (Lipinski definition) is 4. The minimum atomic E-state index is -3.43. The molecule has 0 saturated carbocycles. The van der Waals surface area contributed by atoms with Crippen LogP contribution in [0.15, 0.2) is 0 Å². The zero-order valence-corrected chi connectivity index (χ0v) is 12.1. The lowest BCUT2D eigenvalue weighted by Crippen LogP contribution is -2.37. The monoisotopic (exact) mass is 303 g/mol. The first-order valence-corrected chi connectivity index (χ1v) is 9.42. The van der Waals surface area contributed by atoms with E-state index < -0.39 is 25.1 Å². The van der Waals surface area contributed by atoms with Crippen LogP contribution in [-0.4, -0.2) is 46.0 Å². The first kappa shape index (κ1) is 15.2. The summed E-state index contributed by atoms with van der Waals surface area (Å²) in [5, 5.41) is -0.566. The molecule has 17 heavy (non-hydrogen) atoms. The molecular formula is C9H18ClNO4S2. The van der Waals surface area contributed by atoms with Crippen molar-refractivity contribution in [1.82, 2.24) is 4.72 Å². The van der Waals surface area contributed by atoms with Crippen molar-refractivity contribution in [3.63, 3.8) is 0 Å². The lowest BCUT2D eigenvalue weighted by molar-refractivity contribution is 0.562. The van der Waals surface area contributed by atoms with Gasteiger partial charge >= 0.3 is 0 Å². The Morgan fingerprint density at radius 2 is 2.12 bits per heavy atom. The Hall–Kier alpha value is 0.150. The molecule has 0 amide bonds. The van der Waals surface area contributed by atoms with Gasteiger partial charge in [-0.25, -0.2) is 21.6 Å². The fourth-order valence-electron chi connectivity index (χ4n) is 1.79. The SMILES string of the molecule is CC(CCl)CS(=O)(=O)NCC1CCCS1(=O)=O. The van der Waals surface area contributed by atoms with Crippen LogP contribution in [0.2, 0.25) is 0 Å². The molecule has 1 rings (SSSR count). The maximum absolute atomic E-state index is 11.6. The summed E-state index contributed by atoms with van der Waals surface area (Å²) in [5.74, 6) is 0.220. The van der Waals surface area contributed by atoms with Crippen molar-refractivity contribution in [3.8, 4) is 0 Å². The zero-order chi connectivity index (χ0) is 13.1. The second-order valence-electron chi connectivity index (χ2n) is 4.52. The van der Waals surface area contributed by atoms with Crippen molar-refractivity contribution in [2.24, 2.45) is 5.92 Å². The highest BCUT2D eigenvalue weighted by atomic mass is 35.5. The summed E-state index contributed by atoms with van der Waals surface area (Å²) >= 11 is 5.54. The van der Waals surface area contributed by atoms with Crippen molar-refractivity contribution in [1.29, 1.82) is 0 Å². The van der Waals surface area contributed by atoms with Gasteiger partial charge in [-0.1, -0.05) is 6.92 Å². The third-order valence-corrected chi connectivity index (χ3v) is 7.18. The molecule has 2 unspecified atom stereocenters. The molecule has 5 nitrogen and oxygen atoms in total. The van der Waals surface area contributed by atoms with Crippen molar-refractivity contribution in [2.75, 3.05) is 23.9 Å². The highest BCUT2D eigenvalue weighted by molar-refractivity contribution is 7.92. The summed E-state index contributed by atoms with van der Waals surface area (Å²) in [6, 6.07) is 0. The number of hydrogen-bond donors (Lipinski definition) is 1. The van der Waals surface area contributed by atoms with Crippen LogP contribution in [0, 0.1) is 5.92 Å². The van der Waals surface area contributed by atoms with E-state index in [0.29, 0.717) is 12.8 Å². The van der Waals surface area contributed by atoms with Crippen LogP contribution in [-0.2, 0) is 19.9 Å². The van der Waals surface area contributed by atoms with Crippen LogP contribution >= 0.6 is 11.6 Å². The van der Waals surface area contributed by atoms with Gasteiger partial charge in [0.1, 0.15) is 0 Å². The Bertz CT molecular complexity index is 446. The number of alkyl halides is 1. The fraction of sp³-hybridized carbons (Fsp3) is 1.00. The molecule has 8 heteroatoms. The molecule has 1 aliphatic rings. The van der Waals surface area contributed by atoms with Crippen LogP contribution in [0.4, 0.5) is 0 Å². The first-order valence-electron chi connectivity index (χ1n) is 5.52. The number of sulfonamides is 1. The largest absolute Gasteiger partial charge is 0.229 e. The highest BCUT2D eigenvalue weighted by Crippen LogP contribution is 2.19. The third kappa shape index (κ3) is 4.73. The van der Waals surface area contributed by atoms with Gasteiger partial charge in [-0.05, 0) is 18.8 Å². The normalized spacial score (nSPS) is 25.9. The average molecular weight is 304 g/mol. The molecule has 1 saturated heterocycles. The van der Waals surface area contributed by atoms with E-state index in [0.717, 1.165) is 0 Å². The van der Waals surface area contributed by atoms with Crippen LogP contribution in [0.3, 0.4) is 0 Å². The molecule has 0 aromatic heterocycles. The summed E-state index contributed by atoms with van der Waals surface area (Å²) in [4.78, 5) is 0. The Morgan fingerprint density at radius 1 is 1.47 bits per heavy atom. The number of sulfone groups is 1. The predicted octanol–water partition coefficient (Wildman–Crippen LogP) is 0.358. The third-order valence-electron chi connectivity index (χ3n) is 2.76. The second-order valence-corrected chi connectivity index (χ2v) is 9.08. The molecule has 0 aromatic rings. The number of nitrogens with one attached hydrogen (secondary N) is 1. The van der Waals surface area contributed by atoms with E-state index >= 15 is 0 Å². The van der Waals surface area contributed by atoms with Gasteiger partial charge in [-0.2, -0.15) is 0 Å². The average Bonchev–Trinajstić information content (AvgIpc) is 2.54. The van der Waals surface area contributed by atoms with E-state index in [1.165, 1.54) is 0 Å². The van der Waals surface area contributed by atoms with E-state index in [4.69, 9.17) is 11.6 Å². The van der Waals surface area contributed by atoms with Crippen molar-refractivity contribution in [2.45, 2.75) is 25.0 Å². The van der Waals surface area contributed by atoms with Gasteiger partial charge in [0.15, 0.2) is 9.84 Å². The molecule has 2 atom stereocenters. The van der Waals surface area contributed by atoms with E-state index in [-0.39, 0.29) is 29.8 Å². The van der Waals surface area contributed by atoms with Crippen LogP contribution in [0.5, 0.6) is 0 Å². The summed E-state index contributed by atoms with van der Waals surface area (Å²) in [6.07, 6.45) is 1.16. The standard InChI is InChI=1S/C9H18ClNO4S2/c1-8(5-10)7-17(14,15)11-6-9-3-2-4-16(9,12)13/h8-9,11H,2-7H2,1H3. The predicted molar refractivity (Wildman–Crippen MR) is 68.5 cm³/mol. The quantitative estimate of drug-likeness (QED) is 0.718. The Balaban J connectivity index is 2.50. The van der Waals surface area contributed by atoms with Gasteiger partial charge < -0.3 is 0 Å². The summed E-state index contributed by atoms with van der Waals surface area (Å²) < 4.78 is 48.6. The van der Waals surface area contributed by atoms with Crippen molar-refractivity contribution < 1.29 is 16.8 Å². The van der Waals surface area contributed by atoms with Crippen LogP contribution in [0.25, 0.3) is 0 Å². The topological polar surface area (TPSA) is 80.3 Å². The number of rotatable bonds is 6. The lowest BCUT2D eigenvalue weighted by Gasteiger charge is -2.13. The summed E-state index contributed by atoms with van der Waals surface area (Å²) in [7, 11) is -6.53. The summed E-state index contributed by atoms with van der Waals surface area (Å²) in [5.41, 5.74) is 0. The van der Waals surface area contributed by atoms with E-state index in [1.54, 1.807) is 6.92 Å². The molecule has 1 N–H and O–H groups in total. The minimum Gasteiger partial charge on any atom is -0.229 e. The van der Waals surface area contributed by atoms with Gasteiger partial charge in [0, 0.05) is 12.4 Å². The molecule has 0 radical (unpaired) electrons. The van der Waals surface area contributed by atoms with Crippen LogP contribution in [0.1, 0.15) is 19.8 Å². The van der Waals surface area contributed by atoms with Crippen molar-refractivity contribution >= 4 is 31.5 Å². The maximum Gasteiger partial charge on any atom is 0.211 e. The minimum absolute atomic E-state index is 0.0142. The van der Waals surface area contributed by atoms with Gasteiger partial charge in [-0.15, -0.1) is 11.6 Å². The maximum atomic E-state index is 11.6. The summed E-state index contributed by atoms with van der Waals surface area (Å²) in [6.45, 7) is 1.72. The smallest absolute Gasteiger partial charge is 0.211 e. The van der Waals surface area contributed by atoms with Gasteiger partial charge in [0.2, 0.25) is 10.0 Å². The molecule has 0 aromatic carbocycles. The fourth-order valence-corrected chi connectivity index (χ4v) is 5.33. The Labute approximate surface area is 108 Å². The molecule has 0 aliphatic carbocycles. The van der Waals surface area contributed by atoms with Gasteiger partial charge in [0.25, 0.3) is 0 Å². The Morgan fingerprint density at radius 3 is 2.59 bits per heavy atom. The van der Waals surface area contributed by atoms with E-state index in [9.17, 15) is 16.8 Å². The molecule has 102 valence electrons. The highest BCUT2D eigenvalue weighted by Gasteiger charge is 2.32. The van der Waals surface area contributed by atoms with Gasteiger partial charge in [0.05, 0.1) is 16.8 Å². The van der Waals surface area contributed by atoms with Crippen molar-refractivity contribution in [3.05, 3.63) is 0 Å². The van der Waals surface area contributed by atoms with E-state index in [2.05, 4.69) is 4.72 Å². The molecule has 1 aliphatic heterocycles. The Kier molecular flexibility index (Phi) is 5.24. The molecule has 0 bridgehead atoms. The zero-order valence-electron chi connectivity index (χ0n) is 9.72. The van der Waals surface area contributed by atoms with E-state index in [1.807, 2.05) is 0 Å². The second kappa shape index (κ2) is 5.86. The number of halogens is 1. The van der Waals surface area contributed by atoms with Gasteiger partial charge in [-0.3, -0.25) is 0 Å². The first-order chi connectivity index (χ1) is 7.77. The molecular weight excluding hydrogens is 286 g/mol. The molecule has 0 spiro atoms.